The fourth-order valence-corrected chi connectivity index (χ4v) is 1.55. The van der Waals surface area contributed by atoms with Crippen LogP contribution in [-0.2, 0) is 11.3 Å². The van der Waals surface area contributed by atoms with E-state index < -0.39 is 5.82 Å². The molecule has 1 aromatic rings. The van der Waals surface area contributed by atoms with Gasteiger partial charge >= 0.3 is 0 Å². The van der Waals surface area contributed by atoms with Crippen molar-refractivity contribution in [1.82, 2.24) is 0 Å². The Bertz CT molecular complexity index is 407. The van der Waals surface area contributed by atoms with Gasteiger partial charge in [0.15, 0.2) is 17.3 Å². The van der Waals surface area contributed by atoms with E-state index in [9.17, 15) is 9.18 Å². The predicted octanol–water partition coefficient (Wildman–Crippen LogP) is 1.51. The SMILES string of the molecule is COCc1ccc(C(=O)CCN)c(OC)c1F. The van der Waals surface area contributed by atoms with Crippen LogP contribution in [0.25, 0.3) is 0 Å². The zero-order valence-corrected chi connectivity index (χ0v) is 9.96. The Labute approximate surface area is 99.5 Å². The lowest BCUT2D eigenvalue weighted by atomic mass is 10.0. The van der Waals surface area contributed by atoms with Gasteiger partial charge in [-0.2, -0.15) is 0 Å². The highest BCUT2D eigenvalue weighted by Crippen LogP contribution is 2.27. The summed E-state index contributed by atoms with van der Waals surface area (Å²) < 4.78 is 23.7. The number of ether oxygens (including phenoxy) is 2. The van der Waals surface area contributed by atoms with Crippen molar-refractivity contribution in [3.05, 3.63) is 29.1 Å². The third-order valence-electron chi connectivity index (χ3n) is 2.35. The minimum absolute atomic E-state index is 0.0435. The molecule has 0 spiro atoms. The van der Waals surface area contributed by atoms with E-state index in [1.165, 1.54) is 26.4 Å². The van der Waals surface area contributed by atoms with Gasteiger partial charge in [0, 0.05) is 19.1 Å². The molecule has 94 valence electrons. The van der Waals surface area contributed by atoms with Crippen molar-refractivity contribution in [1.29, 1.82) is 0 Å². The Balaban J connectivity index is 3.16. The fraction of sp³-hybridized carbons (Fsp3) is 0.417. The van der Waals surface area contributed by atoms with E-state index in [4.69, 9.17) is 15.2 Å². The van der Waals surface area contributed by atoms with Crippen LogP contribution in [0.2, 0.25) is 0 Å². The highest BCUT2D eigenvalue weighted by atomic mass is 19.1. The molecular formula is C12H16FNO3. The maximum absolute atomic E-state index is 13.9. The summed E-state index contributed by atoms with van der Waals surface area (Å²) in [6.07, 6.45) is 0.166. The second-order valence-corrected chi connectivity index (χ2v) is 3.51. The number of nitrogens with two attached hydrogens (primary N) is 1. The summed E-state index contributed by atoms with van der Waals surface area (Å²) in [4.78, 5) is 11.7. The van der Waals surface area contributed by atoms with E-state index in [1.54, 1.807) is 0 Å². The van der Waals surface area contributed by atoms with Crippen LogP contribution in [0.4, 0.5) is 4.39 Å². The van der Waals surface area contributed by atoms with Gasteiger partial charge in [0.2, 0.25) is 0 Å². The molecule has 0 aromatic heterocycles. The first kappa shape index (κ1) is 13.6. The first-order valence-corrected chi connectivity index (χ1v) is 5.23. The number of rotatable bonds is 6. The van der Waals surface area contributed by atoms with Crippen LogP contribution >= 0.6 is 0 Å². The Hall–Kier alpha value is -1.46. The summed E-state index contributed by atoms with van der Waals surface area (Å²) in [6.45, 7) is 0.358. The number of carbonyl (C=O) groups is 1. The molecule has 0 bridgehead atoms. The molecule has 1 aromatic carbocycles. The molecule has 1 rings (SSSR count). The van der Waals surface area contributed by atoms with Crippen molar-refractivity contribution in [2.24, 2.45) is 5.73 Å². The Morgan fingerprint density at radius 2 is 2.12 bits per heavy atom. The van der Waals surface area contributed by atoms with Crippen LogP contribution in [0.15, 0.2) is 12.1 Å². The molecule has 5 heteroatoms. The van der Waals surface area contributed by atoms with Crippen LogP contribution in [0.5, 0.6) is 5.75 Å². The molecule has 2 N–H and O–H groups in total. The number of hydrogen-bond acceptors (Lipinski definition) is 4. The molecule has 0 saturated heterocycles. The largest absolute Gasteiger partial charge is 0.493 e. The molecule has 0 unspecified atom stereocenters. The van der Waals surface area contributed by atoms with Gasteiger partial charge in [-0.25, -0.2) is 4.39 Å². The van der Waals surface area contributed by atoms with Gasteiger partial charge < -0.3 is 15.2 Å². The highest BCUT2D eigenvalue weighted by Gasteiger charge is 2.18. The van der Waals surface area contributed by atoms with Crippen LogP contribution in [0.3, 0.4) is 0 Å². The Kier molecular flexibility index (Phi) is 5.06. The van der Waals surface area contributed by atoms with Crippen molar-refractivity contribution in [3.8, 4) is 5.75 Å². The maximum Gasteiger partial charge on any atom is 0.171 e. The summed E-state index contributed by atoms with van der Waals surface area (Å²) in [5, 5.41) is 0. The lowest BCUT2D eigenvalue weighted by Crippen LogP contribution is -2.11. The third-order valence-corrected chi connectivity index (χ3v) is 2.35. The Morgan fingerprint density at radius 1 is 1.41 bits per heavy atom. The minimum Gasteiger partial charge on any atom is -0.493 e. The normalized spacial score (nSPS) is 10.4. The highest BCUT2D eigenvalue weighted by molar-refractivity contribution is 5.98. The standard InChI is InChI=1S/C12H16FNO3/c1-16-7-8-3-4-9(10(15)5-6-14)12(17-2)11(8)13/h3-4H,5-7,14H2,1-2H3. The molecule has 0 atom stereocenters. The number of halogens is 1. The van der Waals surface area contributed by atoms with Crippen molar-refractivity contribution < 1.29 is 18.7 Å². The number of benzene rings is 1. The van der Waals surface area contributed by atoms with E-state index in [0.29, 0.717) is 5.56 Å². The number of ketones is 1. The van der Waals surface area contributed by atoms with Gasteiger partial charge in [0.25, 0.3) is 0 Å². The van der Waals surface area contributed by atoms with Gasteiger partial charge in [0.1, 0.15) is 0 Å². The number of methoxy groups -OCH3 is 2. The lowest BCUT2D eigenvalue weighted by Gasteiger charge is -2.11. The van der Waals surface area contributed by atoms with Gasteiger partial charge in [-0.1, -0.05) is 6.07 Å². The summed E-state index contributed by atoms with van der Waals surface area (Å²) in [6, 6.07) is 3.05. The van der Waals surface area contributed by atoms with Crippen LogP contribution in [0.1, 0.15) is 22.3 Å². The number of carbonyl (C=O) groups excluding carboxylic acids is 1. The quantitative estimate of drug-likeness (QED) is 0.767. The average Bonchev–Trinajstić information content (AvgIpc) is 2.32. The molecular weight excluding hydrogens is 225 g/mol. The van der Waals surface area contributed by atoms with Crippen molar-refractivity contribution in [2.75, 3.05) is 20.8 Å². The molecule has 17 heavy (non-hydrogen) atoms. The summed E-state index contributed by atoms with van der Waals surface area (Å²) in [5.74, 6) is -0.831. The first-order valence-electron chi connectivity index (χ1n) is 5.23. The monoisotopic (exact) mass is 241 g/mol. The molecule has 0 aliphatic rings. The molecule has 0 heterocycles. The molecule has 0 radical (unpaired) electrons. The number of Topliss-reactive ketones (excluding diaryl/α,β-unsaturated/α-hetero) is 1. The van der Waals surface area contributed by atoms with E-state index in [0.717, 1.165) is 0 Å². The van der Waals surface area contributed by atoms with Gasteiger partial charge in [-0.15, -0.1) is 0 Å². The summed E-state index contributed by atoms with van der Waals surface area (Å²) in [5.41, 5.74) is 5.87. The van der Waals surface area contributed by atoms with E-state index in [2.05, 4.69) is 0 Å². The third kappa shape index (κ3) is 3.01. The van der Waals surface area contributed by atoms with Crippen LogP contribution in [0, 0.1) is 5.82 Å². The molecule has 0 amide bonds. The lowest BCUT2D eigenvalue weighted by molar-refractivity contribution is 0.0981. The van der Waals surface area contributed by atoms with Crippen molar-refractivity contribution in [3.63, 3.8) is 0 Å². The average molecular weight is 241 g/mol. The zero-order chi connectivity index (χ0) is 12.8. The van der Waals surface area contributed by atoms with E-state index >= 15 is 0 Å². The molecule has 0 fully saturated rings. The van der Waals surface area contributed by atoms with Crippen molar-refractivity contribution in [2.45, 2.75) is 13.0 Å². The topological polar surface area (TPSA) is 61.5 Å². The number of hydrogen-bond donors (Lipinski definition) is 1. The summed E-state index contributed by atoms with van der Waals surface area (Å²) >= 11 is 0. The summed E-state index contributed by atoms with van der Waals surface area (Å²) in [7, 11) is 2.80. The van der Waals surface area contributed by atoms with Gasteiger partial charge in [-0.3, -0.25) is 4.79 Å². The smallest absolute Gasteiger partial charge is 0.171 e. The van der Waals surface area contributed by atoms with Gasteiger partial charge in [0.05, 0.1) is 19.3 Å². The molecule has 4 nitrogen and oxygen atoms in total. The molecule has 0 saturated carbocycles. The minimum atomic E-state index is -0.558. The van der Waals surface area contributed by atoms with Crippen molar-refractivity contribution >= 4 is 5.78 Å². The van der Waals surface area contributed by atoms with Crippen LogP contribution < -0.4 is 10.5 Å². The van der Waals surface area contributed by atoms with Crippen LogP contribution in [-0.4, -0.2) is 26.5 Å². The van der Waals surface area contributed by atoms with E-state index in [-0.39, 0.29) is 36.7 Å². The maximum atomic E-state index is 13.9. The molecule has 0 aliphatic heterocycles. The zero-order valence-electron chi connectivity index (χ0n) is 9.96. The van der Waals surface area contributed by atoms with Gasteiger partial charge in [-0.05, 0) is 12.6 Å². The molecule has 0 aliphatic carbocycles. The fourth-order valence-electron chi connectivity index (χ4n) is 1.55. The second kappa shape index (κ2) is 6.32. The predicted molar refractivity (Wildman–Crippen MR) is 61.7 cm³/mol. The second-order valence-electron chi connectivity index (χ2n) is 3.51. The Morgan fingerprint density at radius 3 is 2.65 bits per heavy atom. The van der Waals surface area contributed by atoms with E-state index in [1.807, 2.05) is 0 Å². The first-order chi connectivity index (χ1) is 8.15.